The molecule has 0 aliphatic carbocycles. The van der Waals surface area contributed by atoms with E-state index in [0.29, 0.717) is 0 Å². The predicted octanol–water partition coefficient (Wildman–Crippen LogP) is 0.0283. The summed E-state index contributed by atoms with van der Waals surface area (Å²) in [5, 5.41) is 16.0. The molecule has 0 radical (unpaired) electrons. The maximum absolute atomic E-state index is 8.02. The first-order valence-corrected chi connectivity index (χ1v) is 9.14. The monoisotopic (exact) mass is 415 g/mol. The predicted molar refractivity (Wildman–Crippen MR) is 53.2 cm³/mol. The van der Waals surface area contributed by atoms with Crippen LogP contribution in [0.15, 0.2) is 0 Å². The molecule has 0 heterocycles. The summed E-state index contributed by atoms with van der Waals surface area (Å²) in [4.78, 5) is 0. The molecule has 0 aromatic rings. The second-order valence-electron chi connectivity index (χ2n) is 2.36. The number of aliphatic hydroxyl groups excluding tert-OH is 2. The fourth-order valence-electron chi connectivity index (χ4n) is 0. The Bertz CT molecular complexity index is 71.7. The van der Waals surface area contributed by atoms with Crippen molar-refractivity contribution in [3.63, 3.8) is 0 Å². The van der Waals surface area contributed by atoms with E-state index in [4.69, 9.17) is 40.5 Å². The second kappa shape index (κ2) is 18.8. The van der Waals surface area contributed by atoms with Gasteiger partial charge in [0.1, 0.15) is 0 Å². The first kappa shape index (κ1) is 19.6. The SMILES string of the molecule is CC(N)CO.CC(N)CO.[Cl][Pt][Cl]. The van der Waals surface area contributed by atoms with E-state index in [9.17, 15) is 0 Å². The molecule has 0 aromatic carbocycles. The average molecular weight is 416 g/mol. The summed E-state index contributed by atoms with van der Waals surface area (Å²) in [7, 11) is 9.75. The summed E-state index contributed by atoms with van der Waals surface area (Å²) in [6, 6.07) is -0.120. The van der Waals surface area contributed by atoms with Gasteiger partial charge in [-0.25, -0.2) is 0 Å². The summed E-state index contributed by atoms with van der Waals surface area (Å²) >= 11 is -0.472. The van der Waals surface area contributed by atoms with Crippen molar-refractivity contribution in [1.29, 1.82) is 0 Å². The summed E-state index contributed by atoms with van der Waals surface area (Å²) in [6.07, 6.45) is 0. The molecule has 7 heteroatoms. The Hall–Kier alpha value is 1.11. The van der Waals surface area contributed by atoms with E-state index in [-0.39, 0.29) is 25.3 Å². The normalized spacial score (nSPS) is 13.2. The van der Waals surface area contributed by atoms with Gasteiger partial charge in [0.15, 0.2) is 0 Å². The molecule has 4 nitrogen and oxygen atoms in total. The van der Waals surface area contributed by atoms with E-state index in [0.717, 1.165) is 0 Å². The first-order valence-electron chi connectivity index (χ1n) is 3.51. The van der Waals surface area contributed by atoms with E-state index >= 15 is 0 Å². The minimum absolute atomic E-state index is 0.0602. The molecule has 0 aliphatic heterocycles. The average Bonchev–Trinajstić information content (AvgIpc) is 2.07. The standard InChI is InChI=1S/2C3H9NO.2ClH.Pt/c2*1-3(4)2-5;;;/h2*3,5H,2,4H2,1H3;2*1H;/q;;;;+2/p-2. The molecular weight excluding hydrogens is 398 g/mol. The Morgan fingerprint density at radius 2 is 1.15 bits per heavy atom. The van der Waals surface area contributed by atoms with Gasteiger partial charge >= 0.3 is 35.3 Å². The first-order chi connectivity index (χ1) is 5.95. The van der Waals surface area contributed by atoms with Crippen LogP contribution in [0.25, 0.3) is 0 Å². The van der Waals surface area contributed by atoms with Crippen LogP contribution in [0.5, 0.6) is 0 Å². The Morgan fingerprint density at radius 1 is 1.08 bits per heavy atom. The molecule has 0 amide bonds. The van der Waals surface area contributed by atoms with Crippen molar-refractivity contribution in [3.05, 3.63) is 0 Å². The Balaban J connectivity index is -0.000000120. The van der Waals surface area contributed by atoms with Crippen LogP contribution in [0.2, 0.25) is 0 Å². The van der Waals surface area contributed by atoms with Crippen LogP contribution in [-0.2, 0) is 16.5 Å². The number of hydrogen-bond acceptors (Lipinski definition) is 4. The van der Waals surface area contributed by atoms with Gasteiger partial charge in [0.2, 0.25) is 0 Å². The number of aliphatic hydroxyl groups is 2. The summed E-state index contributed by atoms with van der Waals surface area (Å²) < 4.78 is 0. The molecule has 0 bridgehead atoms. The zero-order valence-electron chi connectivity index (χ0n) is 7.69. The fraction of sp³-hybridized carbons (Fsp3) is 1.00. The Kier molecular flexibility index (Phi) is 28.4. The van der Waals surface area contributed by atoms with Crippen LogP contribution in [0.1, 0.15) is 13.8 Å². The fourth-order valence-corrected chi connectivity index (χ4v) is 0. The summed E-state index contributed by atoms with van der Waals surface area (Å²) in [5.74, 6) is 0. The molecule has 88 valence electrons. The van der Waals surface area contributed by atoms with E-state index in [2.05, 4.69) is 0 Å². The second-order valence-corrected chi connectivity index (χ2v) is 5.65. The molecule has 6 N–H and O–H groups in total. The topological polar surface area (TPSA) is 92.5 Å². The van der Waals surface area contributed by atoms with Gasteiger partial charge in [-0.15, -0.1) is 0 Å². The molecular formula is C6H18Cl2N2O2Pt. The number of rotatable bonds is 2. The maximum atomic E-state index is 8.02. The van der Waals surface area contributed by atoms with Gasteiger partial charge in [-0.3, -0.25) is 0 Å². The summed E-state index contributed by atoms with van der Waals surface area (Å²) in [5.41, 5.74) is 10.1. The molecule has 0 aliphatic rings. The molecule has 0 aromatic heterocycles. The van der Waals surface area contributed by atoms with Gasteiger partial charge in [-0.2, -0.15) is 0 Å². The zero-order chi connectivity index (χ0) is 11.3. The van der Waals surface area contributed by atoms with Gasteiger partial charge in [-0.05, 0) is 13.8 Å². The van der Waals surface area contributed by atoms with Gasteiger partial charge in [0.25, 0.3) is 0 Å². The van der Waals surface area contributed by atoms with Crippen LogP contribution in [0.4, 0.5) is 0 Å². The Morgan fingerprint density at radius 3 is 1.15 bits per heavy atom. The molecule has 2 unspecified atom stereocenters. The molecule has 0 fully saturated rings. The van der Waals surface area contributed by atoms with Gasteiger partial charge in [-0.1, -0.05) is 0 Å². The number of hydrogen-bond donors (Lipinski definition) is 4. The molecule has 2 atom stereocenters. The van der Waals surface area contributed by atoms with Crippen LogP contribution < -0.4 is 11.5 Å². The van der Waals surface area contributed by atoms with Crippen LogP contribution in [0, 0.1) is 0 Å². The Labute approximate surface area is 96.0 Å². The van der Waals surface area contributed by atoms with E-state index in [1.165, 1.54) is 0 Å². The van der Waals surface area contributed by atoms with Crippen molar-refractivity contribution < 1.29 is 26.7 Å². The molecule has 0 saturated carbocycles. The molecule has 13 heavy (non-hydrogen) atoms. The van der Waals surface area contributed by atoms with Crippen molar-refractivity contribution in [2.75, 3.05) is 13.2 Å². The number of halogens is 2. The summed E-state index contributed by atoms with van der Waals surface area (Å²) in [6.45, 7) is 3.67. The van der Waals surface area contributed by atoms with Gasteiger partial charge in [0.05, 0.1) is 13.2 Å². The van der Waals surface area contributed by atoms with E-state index in [1.807, 2.05) is 0 Å². The van der Waals surface area contributed by atoms with Crippen LogP contribution in [0.3, 0.4) is 0 Å². The minimum atomic E-state index is -0.472. The van der Waals surface area contributed by atoms with Crippen molar-refractivity contribution in [2.24, 2.45) is 11.5 Å². The van der Waals surface area contributed by atoms with Crippen LogP contribution >= 0.6 is 18.8 Å². The van der Waals surface area contributed by atoms with Gasteiger partial charge in [0, 0.05) is 12.1 Å². The number of nitrogens with two attached hydrogens (primary N) is 2. The van der Waals surface area contributed by atoms with Crippen molar-refractivity contribution in [3.8, 4) is 0 Å². The van der Waals surface area contributed by atoms with E-state index < -0.39 is 16.5 Å². The molecule has 0 spiro atoms. The van der Waals surface area contributed by atoms with Crippen molar-refractivity contribution in [2.45, 2.75) is 25.9 Å². The third kappa shape index (κ3) is 62.0. The third-order valence-corrected chi connectivity index (χ3v) is 0.576. The van der Waals surface area contributed by atoms with Crippen molar-refractivity contribution >= 4 is 18.8 Å². The molecule has 0 saturated heterocycles. The van der Waals surface area contributed by atoms with Crippen molar-refractivity contribution in [1.82, 2.24) is 0 Å². The quantitative estimate of drug-likeness (QED) is 0.511. The van der Waals surface area contributed by atoms with E-state index in [1.54, 1.807) is 13.8 Å². The van der Waals surface area contributed by atoms with Crippen LogP contribution in [-0.4, -0.2) is 35.5 Å². The molecule has 0 rings (SSSR count). The van der Waals surface area contributed by atoms with Gasteiger partial charge < -0.3 is 21.7 Å². The third-order valence-electron chi connectivity index (χ3n) is 0.576. The zero-order valence-corrected chi connectivity index (χ0v) is 11.5.